The van der Waals surface area contributed by atoms with E-state index in [-0.39, 0.29) is 15.9 Å². The Morgan fingerprint density at radius 1 is 1.40 bits per heavy atom. The summed E-state index contributed by atoms with van der Waals surface area (Å²) in [7, 11) is 1.41. The molecule has 0 radical (unpaired) electrons. The number of H-pyrrole nitrogens is 1. The Bertz CT molecular complexity index is 628. The van der Waals surface area contributed by atoms with Crippen LogP contribution >= 0.6 is 11.6 Å². The van der Waals surface area contributed by atoms with E-state index in [1.165, 1.54) is 19.2 Å². The quantitative estimate of drug-likeness (QED) is 0.793. The molecule has 1 aromatic carbocycles. The van der Waals surface area contributed by atoms with Crippen molar-refractivity contribution in [3.05, 3.63) is 38.1 Å². The fourth-order valence-corrected chi connectivity index (χ4v) is 1.52. The van der Waals surface area contributed by atoms with Gasteiger partial charge in [-0.3, -0.25) is 4.98 Å². The van der Waals surface area contributed by atoms with E-state index in [1.54, 1.807) is 0 Å². The number of hydrogen-bond acceptors (Lipinski definition) is 4. The average molecular weight is 228 g/mol. The smallest absolute Gasteiger partial charge is 0.419 e. The van der Waals surface area contributed by atoms with Gasteiger partial charge >= 0.3 is 11.4 Å². The standard InChI is InChI=1S/C9H6ClNO4/c1-14-5-3-2-4(10)7-6(5)8(12)15-9(13)11-7/h2-3H,1H3,(H,11,13). The zero-order valence-electron chi connectivity index (χ0n) is 7.67. The molecule has 0 aliphatic carbocycles. The highest BCUT2D eigenvalue weighted by Crippen LogP contribution is 2.26. The van der Waals surface area contributed by atoms with Gasteiger partial charge in [-0.05, 0) is 12.1 Å². The predicted molar refractivity (Wildman–Crippen MR) is 54.7 cm³/mol. The Morgan fingerprint density at radius 3 is 2.80 bits per heavy atom. The van der Waals surface area contributed by atoms with E-state index in [0.29, 0.717) is 5.75 Å². The molecule has 0 aliphatic heterocycles. The summed E-state index contributed by atoms with van der Waals surface area (Å²) in [5, 5.41) is 0.389. The Kier molecular flexibility index (Phi) is 2.24. The molecule has 2 aromatic rings. The lowest BCUT2D eigenvalue weighted by molar-refractivity contribution is 0.413. The molecule has 6 heteroatoms. The summed E-state index contributed by atoms with van der Waals surface area (Å²) in [5.74, 6) is -0.540. The summed E-state index contributed by atoms with van der Waals surface area (Å²) in [6.07, 6.45) is 0. The fraction of sp³-hybridized carbons (Fsp3) is 0.111. The van der Waals surface area contributed by atoms with Crippen molar-refractivity contribution in [2.75, 3.05) is 7.11 Å². The van der Waals surface area contributed by atoms with Gasteiger partial charge in [-0.1, -0.05) is 11.6 Å². The lowest BCUT2D eigenvalue weighted by Crippen LogP contribution is -2.15. The molecular formula is C9H6ClNO4. The van der Waals surface area contributed by atoms with E-state index >= 15 is 0 Å². The summed E-state index contributed by atoms with van der Waals surface area (Å²) < 4.78 is 9.35. The normalized spacial score (nSPS) is 10.5. The summed E-state index contributed by atoms with van der Waals surface area (Å²) in [4.78, 5) is 24.7. The van der Waals surface area contributed by atoms with Crippen LogP contribution in [0.25, 0.3) is 10.9 Å². The molecule has 15 heavy (non-hydrogen) atoms. The van der Waals surface area contributed by atoms with Gasteiger partial charge in [0.15, 0.2) is 0 Å². The number of benzene rings is 1. The van der Waals surface area contributed by atoms with Crippen LogP contribution in [0.2, 0.25) is 5.02 Å². The first kappa shape index (κ1) is 9.79. The molecule has 2 rings (SSSR count). The molecule has 0 fully saturated rings. The van der Waals surface area contributed by atoms with Crippen molar-refractivity contribution in [2.45, 2.75) is 0 Å². The summed E-state index contributed by atoms with van der Waals surface area (Å²) in [6, 6.07) is 3.05. The van der Waals surface area contributed by atoms with Crippen molar-refractivity contribution in [2.24, 2.45) is 0 Å². The molecule has 0 bridgehead atoms. The summed E-state index contributed by atoms with van der Waals surface area (Å²) >= 11 is 5.82. The van der Waals surface area contributed by atoms with Crippen LogP contribution < -0.4 is 16.1 Å². The Hall–Kier alpha value is -1.75. The van der Waals surface area contributed by atoms with Crippen molar-refractivity contribution >= 4 is 22.5 Å². The van der Waals surface area contributed by atoms with Crippen molar-refractivity contribution < 1.29 is 9.15 Å². The third kappa shape index (κ3) is 1.50. The highest BCUT2D eigenvalue weighted by molar-refractivity contribution is 6.35. The number of hydrogen-bond donors (Lipinski definition) is 1. The van der Waals surface area contributed by atoms with Crippen LogP contribution in [0.4, 0.5) is 0 Å². The number of halogens is 1. The fourth-order valence-electron chi connectivity index (χ4n) is 1.32. The maximum Gasteiger partial charge on any atom is 0.419 e. The first-order chi connectivity index (χ1) is 7.13. The number of aromatic amines is 1. The number of ether oxygens (including phenoxy) is 1. The van der Waals surface area contributed by atoms with Gasteiger partial charge in [0.2, 0.25) is 0 Å². The van der Waals surface area contributed by atoms with Gasteiger partial charge in [0, 0.05) is 0 Å². The van der Waals surface area contributed by atoms with E-state index in [1.807, 2.05) is 0 Å². The number of methoxy groups -OCH3 is 1. The zero-order valence-corrected chi connectivity index (χ0v) is 8.42. The molecule has 1 N–H and O–H groups in total. The number of fused-ring (bicyclic) bond motifs is 1. The van der Waals surface area contributed by atoms with E-state index in [9.17, 15) is 9.59 Å². The SMILES string of the molecule is COc1ccc(Cl)c2[nH]c(=O)oc(=O)c12. The minimum absolute atomic E-state index is 0.129. The summed E-state index contributed by atoms with van der Waals surface area (Å²) in [5.41, 5.74) is -0.551. The third-order valence-electron chi connectivity index (χ3n) is 1.95. The Morgan fingerprint density at radius 2 is 2.13 bits per heavy atom. The lowest BCUT2D eigenvalue weighted by atomic mass is 10.2. The van der Waals surface area contributed by atoms with Crippen molar-refractivity contribution in [3.8, 4) is 5.75 Å². The zero-order chi connectivity index (χ0) is 11.0. The maximum absolute atomic E-state index is 11.4. The van der Waals surface area contributed by atoms with Crippen LogP contribution in [0.15, 0.2) is 26.1 Å². The highest BCUT2D eigenvalue weighted by atomic mass is 35.5. The molecule has 0 atom stereocenters. The van der Waals surface area contributed by atoms with Crippen LogP contribution in [0.1, 0.15) is 0 Å². The number of rotatable bonds is 1. The molecule has 0 unspecified atom stereocenters. The first-order valence-corrected chi connectivity index (χ1v) is 4.41. The second-order valence-electron chi connectivity index (χ2n) is 2.80. The predicted octanol–water partition coefficient (Wildman–Crippen LogP) is 1.14. The van der Waals surface area contributed by atoms with Gasteiger partial charge in [-0.15, -0.1) is 0 Å². The van der Waals surface area contributed by atoms with Crippen LogP contribution in [-0.2, 0) is 0 Å². The van der Waals surface area contributed by atoms with Crippen molar-refractivity contribution in [1.82, 2.24) is 4.98 Å². The van der Waals surface area contributed by atoms with Gasteiger partial charge in [-0.2, -0.15) is 0 Å². The minimum atomic E-state index is -0.845. The molecule has 78 valence electrons. The molecule has 0 saturated carbocycles. The van der Waals surface area contributed by atoms with Crippen LogP contribution in [0.5, 0.6) is 5.75 Å². The topological polar surface area (TPSA) is 72.3 Å². The van der Waals surface area contributed by atoms with Gasteiger partial charge in [-0.25, -0.2) is 9.59 Å². The number of aromatic nitrogens is 1. The van der Waals surface area contributed by atoms with Crippen LogP contribution in [0.3, 0.4) is 0 Å². The van der Waals surface area contributed by atoms with Gasteiger partial charge in [0.25, 0.3) is 0 Å². The molecule has 1 heterocycles. The summed E-state index contributed by atoms with van der Waals surface area (Å²) in [6.45, 7) is 0. The third-order valence-corrected chi connectivity index (χ3v) is 2.27. The second kappa shape index (κ2) is 3.43. The van der Waals surface area contributed by atoms with Crippen LogP contribution in [-0.4, -0.2) is 12.1 Å². The molecule has 0 saturated heterocycles. The van der Waals surface area contributed by atoms with E-state index in [4.69, 9.17) is 16.3 Å². The average Bonchev–Trinajstić information content (AvgIpc) is 2.19. The van der Waals surface area contributed by atoms with Gasteiger partial charge in [0.1, 0.15) is 11.1 Å². The van der Waals surface area contributed by atoms with E-state index < -0.39 is 11.4 Å². The van der Waals surface area contributed by atoms with Crippen molar-refractivity contribution in [1.29, 1.82) is 0 Å². The van der Waals surface area contributed by atoms with Crippen LogP contribution in [0, 0.1) is 0 Å². The lowest BCUT2D eigenvalue weighted by Gasteiger charge is -2.03. The molecule has 1 aromatic heterocycles. The van der Waals surface area contributed by atoms with Gasteiger partial charge < -0.3 is 9.15 Å². The van der Waals surface area contributed by atoms with Crippen molar-refractivity contribution in [3.63, 3.8) is 0 Å². The molecular weight excluding hydrogens is 222 g/mol. The molecule has 0 aliphatic rings. The molecule has 0 spiro atoms. The molecule has 5 nitrogen and oxygen atoms in total. The Labute approximate surface area is 88.2 Å². The van der Waals surface area contributed by atoms with Gasteiger partial charge in [0.05, 0.1) is 17.6 Å². The Balaban J connectivity index is 3.07. The largest absolute Gasteiger partial charge is 0.496 e. The monoisotopic (exact) mass is 227 g/mol. The second-order valence-corrected chi connectivity index (χ2v) is 3.21. The number of nitrogens with one attached hydrogen (secondary N) is 1. The van der Waals surface area contributed by atoms with E-state index in [0.717, 1.165) is 0 Å². The van der Waals surface area contributed by atoms with E-state index in [2.05, 4.69) is 9.40 Å². The highest BCUT2D eigenvalue weighted by Gasteiger charge is 2.11. The molecule has 0 amide bonds. The minimum Gasteiger partial charge on any atom is -0.496 e. The maximum atomic E-state index is 11.4. The first-order valence-electron chi connectivity index (χ1n) is 4.03.